The summed E-state index contributed by atoms with van der Waals surface area (Å²) < 4.78 is 10.8. The molecule has 7 heteroatoms. The van der Waals surface area contributed by atoms with E-state index in [2.05, 4.69) is 10.6 Å². The minimum atomic E-state index is -0.565. The van der Waals surface area contributed by atoms with Crippen LogP contribution >= 0.6 is 0 Å². The summed E-state index contributed by atoms with van der Waals surface area (Å²) in [4.78, 5) is 23.2. The predicted octanol–water partition coefficient (Wildman–Crippen LogP) is 0.522. The first-order chi connectivity index (χ1) is 12.0. The van der Waals surface area contributed by atoms with Crippen LogP contribution in [0.4, 0.5) is 0 Å². The molecule has 3 atom stereocenters. The molecule has 2 rings (SSSR count). The molecule has 25 heavy (non-hydrogen) atoms. The summed E-state index contributed by atoms with van der Waals surface area (Å²) in [6.45, 7) is 1.56. The summed E-state index contributed by atoms with van der Waals surface area (Å²) in [5.41, 5.74) is 0.937. The van der Waals surface area contributed by atoms with Gasteiger partial charge in [-0.1, -0.05) is 24.3 Å². The van der Waals surface area contributed by atoms with E-state index in [0.29, 0.717) is 6.54 Å². The van der Waals surface area contributed by atoms with Gasteiger partial charge in [0.05, 0.1) is 32.3 Å². The number of nitrogens with one attached hydrogen (secondary N) is 2. The van der Waals surface area contributed by atoms with E-state index in [0.717, 1.165) is 11.3 Å². The molecule has 0 saturated carbocycles. The SMILES string of the molecule is COc1cccc(CNC(=O)C[C@@H]2C=C[C@H](NC(C)=O)[C@H](CO)O2)c1. The Labute approximate surface area is 147 Å². The summed E-state index contributed by atoms with van der Waals surface area (Å²) >= 11 is 0. The van der Waals surface area contributed by atoms with Crippen LogP contribution in [0.5, 0.6) is 5.75 Å². The molecular formula is C18H24N2O5. The Bertz CT molecular complexity index is 632. The molecule has 1 aromatic rings. The monoisotopic (exact) mass is 348 g/mol. The van der Waals surface area contributed by atoms with Crippen LogP contribution in [0, 0.1) is 0 Å². The van der Waals surface area contributed by atoms with E-state index in [9.17, 15) is 14.7 Å². The Hall–Kier alpha value is -2.38. The summed E-state index contributed by atoms with van der Waals surface area (Å²) in [6.07, 6.45) is 2.63. The summed E-state index contributed by atoms with van der Waals surface area (Å²) in [5, 5.41) is 14.9. The highest BCUT2D eigenvalue weighted by Gasteiger charge is 2.28. The Kier molecular flexibility index (Phi) is 6.97. The van der Waals surface area contributed by atoms with Gasteiger partial charge in [-0.15, -0.1) is 0 Å². The molecule has 0 unspecified atom stereocenters. The molecule has 3 N–H and O–H groups in total. The number of ether oxygens (including phenoxy) is 2. The first-order valence-electron chi connectivity index (χ1n) is 8.13. The van der Waals surface area contributed by atoms with Gasteiger partial charge in [0.1, 0.15) is 11.9 Å². The smallest absolute Gasteiger partial charge is 0.223 e. The van der Waals surface area contributed by atoms with Gasteiger partial charge in [-0.05, 0) is 17.7 Å². The molecule has 0 aliphatic carbocycles. The second-order valence-electron chi connectivity index (χ2n) is 5.84. The van der Waals surface area contributed by atoms with Gasteiger partial charge in [0.15, 0.2) is 0 Å². The van der Waals surface area contributed by atoms with Crippen LogP contribution < -0.4 is 15.4 Å². The Morgan fingerprint density at radius 2 is 2.12 bits per heavy atom. The lowest BCUT2D eigenvalue weighted by atomic mass is 10.0. The predicted molar refractivity (Wildman–Crippen MR) is 91.9 cm³/mol. The molecule has 2 amide bonds. The van der Waals surface area contributed by atoms with E-state index in [1.54, 1.807) is 19.3 Å². The fourth-order valence-corrected chi connectivity index (χ4v) is 2.61. The minimum Gasteiger partial charge on any atom is -0.497 e. The van der Waals surface area contributed by atoms with Gasteiger partial charge in [0, 0.05) is 13.5 Å². The van der Waals surface area contributed by atoms with Crippen molar-refractivity contribution in [2.45, 2.75) is 38.1 Å². The maximum absolute atomic E-state index is 12.1. The first-order valence-corrected chi connectivity index (χ1v) is 8.13. The van der Waals surface area contributed by atoms with Crippen molar-refractivity contribution in [3.8, 4) is 5.75 Å². The zero-order valence-corrected chi connectivity index (χ0v) is 14.4. The van der Waals surface area contributed by atoms with Crippen LogP contribution in [0.2, 0.25) is 0 Å². The van der Waals surface area contributed by atoms with Crippen molar-refractivity contribution in [3.63, 3.8) is 0 Å². The molecule has 1 aliphatic heterocycles. The third-order valence-electron chi connectivity index (χ3n) is 3.84. The molecule has 0 saturated heterocycles. The van der Waals surface area contributed by atoms with Gasteiger partial charge in [-0.2, -0.15) is 0 Å². The lowest BCUT2D eigenvalue weighted by Crippen LogP contribution is -2.48. The molecule has 1 heterocycles. The largest absolute Gasteiger partial charge is 0.497 e. The lowest BCUT2D eigenvalue weighted by molar-refractivity contribution is -0.127. The second kappa shape index (κ2) is 9.19. The first kappa shape index (κ1) is 19.0. The topological polar surface area (TPSA) is 96.9 Å². The van der Waals surface area contributed by atoms with Crippen LogP contribution in [0.1, 0.15) is 18.9 Å². The molecule has 0 radical (unpaired) electrons. The molecule has 1 aromatic carbocycles. The van der Waals surface area contributed by atoms with Gasteiger partial charge in [-0.3, -0.25) is 9.59 Å². The lowest BCUT2D eigenvalue weighted by Gasteiger charge is -2.31. The standard InChI is InChI=1S/C18H24N2O5/c1-12(22)20-16-7-6-15(25-17(16)11-21)9-18(23)19-10-13-4-3-5-14(8-13)24-2/h3-8,15-17,21H,9-11H2,1-2H3,(H,19,23)(H,20,22)/t15-,16-,17-/m0/s1. The maximum atomic E-state index is 12.1. The number of benzene rings is 1. The van der Waals surface area contributed by atoms with Crippen molar-refractivity contribution in [2.75, 3.05) is 13.7 Å². The average Bonchev–Trinajstić information content (AvgIpc) is 2.61. The summed E-state index contributed by atoms with van der Waals surface area (Å²) in [5.74, 6) is 0.374. The van der Waals surface area contributed by atoms with Crippen LogP contribution in [0.25, 0.3) is 0 Å². The average molecular weight is 348 g/mol. The van der Waals surface area contributed by atoms with Crippen molar-refractivity contribution in [1.29, 1.82) is 0 Å². The fourth-order valence-electron chi connectivity index (χ4n) is 2.61. The van der Waals surface area contributed by atoms with E-state index in [1.807, 2.05) is 24.3 Å². The zero-order chi connectivity index (χ0) is 18.2. The van der Waals surface area contributed by atoms with Crippen LogP contribution in [0.15, 0.2) is 36.4 Å². The molecule has 0 fully saturated rings. The van der Waals surface area contributed by atoms with E-state index in [1.165, 1.54) is 6.92 Å². The summed E-state index contributed by atoms with van der Waals surface area (Å²) in [7, 11) is 1.59. The highest BCUT2D eigenvalue weighted by atomic mass is 16.5. The molecule has 1 aliphatic rings. The molecular weight excluding hydrogens is 324 g/mol. The molecule has 136 valence electrons. The Morgan fingerprint density at radius 3 is 2.80 bits per heavy atom. The highest BCUT2D eigenvalue weighted by Crippen LogP contribution is 2.16. The fraction of sp³-hybridized carbons (Fsp3) is 0.444. The Morgan fingerprint density at radius 1 is 1.32 bits per heavy atom. The van der Waals surface area contributed by atoms with E-state index in [4.69, 9.17) is 9.47 Å². The Balaban J connectivity index is 1.84. The summed E-state index contributed by atoms with van der Waals surface area (Å²) in [6, 6.07) is 7.07. The van der Waals surface area contributed by atoms with Gasteiger partial charge < -0.3 is 25.2 Å². The number of aliphatic hydroxyl groups excluding tert-OH is 1. The van der Waals surface area contributed by atoms with E-state index < -0.39 is 18.2 Å². The molecule has 0 aromatic heterocycles. The van der Waals surface area contributed by atoms with Gasteiger partial charge in [0.25, 0.3) is 0 Å². The van der Waals surface area contributed by atoms with Crippen molar-refractivity contribution in [2.24, 2.45) is 0 Å². The third-order valence-corrected chi connectivity index (χ3v) is 3.84. The number of hydrogen-bond acceptors (Lipinski definition) is 5. The van der Waals surface area contributed by atoms with Crippen molar-refractivity contribution < 1.29 is 24.2 Å². The second-order valence-corrected chi connectivity index (χ2v) is 5.84. The number of amides is 2. The van der Waals surface area contributed by atoms with Gasteiger partial charge in [0.2, 0.25) is 11.8 Å². The van der Waals surface area contributed by atoms with Crippen LogP contribution in [-0.4, -0.2) is 48.9 Å². The van der Waals surface area contributed by atoms with Crippen LogP contribution in [0.3, 0.4) is 0 Å². The number of methoxy groups -OCH3 is 1. The zero-order valence-electron chi connectivity index (χ0n) is 14.4. The third kappa shape index (κ3) is 5.88. The number of hydrogen-bond donors (Lipinski definition) is 3. The molecule has 0 bridgehead atoms. The van der Waals surface area contributed by atoms with Crippen molar-refractivity contribution in [3.05, 3.63) is 42.0 Å². The minimum absolute atomic E-state index is 0.143. The number of carbonyl (C=O) groups is 2. The molecule has 7 nitrogen and oxygen atoms in total. The van der Waals surface area contributed by atoms with Gasteiger partial charge in [-0.25, -0.2) is 0 Å². The van der Waals surface area contributed by atoms with Crippen molar-refractivity contribution in [1.82, 2.24) is 10.6 Å². The molecule has 0 spiro atoms. The van der Waals surface area contributed by atoms with E-state index >= 15 is 0 Å². The van der Waals surface area contributed by atoms with Gasteiger partial charge >= 0.3 is 0 Å². The number of carbonyl (C=O) groups excluding carboxylic acids is 2. The highest BCUT2D eigenvalue weighted by molar-refractivity contribution is 5.77. The number of rotatable bonds is 7. The maximum Gasteiger partial charge on any atom is 0.223 e. The number of aliphatic hydroxyl groups is 1. The normalized spacial score (nSPS) is 22.3. The quantitative estimate of drug-likeness (QED) is 0.624. The van der Waals surface area contributed by atoms with Crippen LogP contribution in [-0.2, 0) is 20.9 Å². The van der Waals surface area contributed by atoms with Crippen molar-refractivity contribution >= 4 is 11.8 Å². The van der Waals surface area contributed by atoms with E-state index in [-0.39, 0.29) is 24.8 Å².